The minimum absolute atomic E-state index is 0.0720. The molecule has 1 aliphatic rings. The van der Waals surface area contributed by atoms with Crippen LogP contribution in [0.4, 0.5) is 0 Å². The number of hydrogen-bond acceptors (Lipinski definition) is 3. The zero-order valence-electron chi connectivity index (χ0n) is 12.9. The van der Waals surface area contributed by atoms with Crippen molar-refractivity contribution in [2.24, 2.45) is 7.05 Å². The van der Waals surface area contributed by atoms with Gasteiger partial charge in [-0.25, -0.2) is 4.79 Å². The van der Waals surface area contributed by atoms with Gasteiger partial charge in [0.25, 0.3) is 5.91 Å². The smallest absolute Gasteiger partial charge is 0.352 e. The molecule has 1 fully saturated rings. The normalized spacial score (nSPS) is 15.3. The number of amides is 2. The second-order valence-electron chi connectivity index (χ2n) is 5.71. The van der Waals surface area contributed by atoms with Crippen LogP contribution in [0.1, 0.15) is 20.8 Å². The molecule has 2 amide bonds. The standard InChI is InChI=1S/C16H17N3O4/c1-17-5-6-19(9-14(17)20)15(21)10-3-4-12-11(7-10)8-13(16(22)23)18(12)2/h3-4,7-8H,5-6,9H2,1-2H3,(H,22,23). The SMILES string of the molecule is CN1CCN(C(=O)c2ccc3c(c2)cc(C(=O)O)n3C)CC1=O. The molecular weight excluding hydrogens is 298 g/mol. The van der Waals surface area contributed by atoms with E-state index in [1.165, 1.54) is 4.90 Å². The van der Waals surface area contributed by atoms with Crippen molar-refractivity contribution in [3.05, 3.63) is 35.5 Å². The van der Waals surface area contributed by atoms with E-state index < -0.39 is 5.97 Å². The van der Waals surface area contributed by atoms with E-state index in [1.807, 2.05) is 0 Å². The molecule has 1 saturated heterocycles. The van der Waals surface area contributed by atoms with Gasteiger partial charge in [-0.3, -0.25) is 9.59 Å². The van der Waals surface area contributed by atoms with E-state index in [1.54, 1.807) is 47.8 Å². The van der Waals surface area contributed by atoms with Gasteiger partial charge in [0.15, 0.2) is 0 Å². The quantitative estimate of drug-likeness (QED) is 0.888. The summed E-state index contributed by atoms with van der Waals surface area (Å²) in [6, 6.07) is 6.61. The number of piperazine rings is 1. The molecule has 1 N–H and O–H groups in total. The Morgan fingerprint density at radius 3 is 2.52 bits per heavy atom. The predicted molar refractivity (Wildman–Crippen MR) is 83.4 cm³/mol. The fraction of sp³-hybridized carbons (Fsp3) is 0.312. The molecule has 2 heterocycles. The van der Waals surface area contributed by atoms with Crippen LogP contribution in [0.15, 0.2) is 24.3 Å². The first-order chi connectivity index (χ1) is 10.9. The highest BCUT2D eigenvalue weighted by Crippen LogP contribution is 2.21. The third-order valence-electron chi connectivity index (χ3n) is 4.25. The number of rotatable bonds is 2. The van der Waals surface area contributed by atoms with E-state index in [9.17, 15) is 14.4 Å². The average molecular weight is 315 g/mol. The number of hydrogen-bond donors (Lipinski definition) is 1. The molecule has 0 atom stereocenters. The summed E-state index contributed by atoms with van der Waals surface area (Å²) in [5.74, 6) is -1.31. The summed E-state index contributed by atoms with van der Waals surface area (Å²) in [7, 11) is 3.39. The van der Waals surface area contributed by atoms with Gasteiger partial charge >= 0.3 is 5.97 Å². The molecule has 3 rings (SSSR count). The highest BCUT2D eigenvalue weighted by molar-refractivity contribution is 6.01. The second kappa shape index (κ2) is 5.42. The Balaban J connectivity index is 1.92. The van der Waals surface area contributed by atoms with Gasteiger partial charge in [0.05, 0.1) is 0 Å². The van der Waals surface area contributed by atoms with Crippen LogP contribution in [0.2, 0.25) is 0 Å². The van der Waals surface area contributed by atoms with Gasteiger partial charge in [-0.05, 0) is 24.3 Å². The maximum Gasteiger partial charge on any atom is 0.352 e. The number of fused-ring (bicyclic) bond motifs is 1. The predicted octanol–water partition coefficient (Wildman–Crippen LogP) is 0.791. The third kappa shape index (κ3) is 2.54. The Bertz CT molecular complexity index is 824. The summed E-state index contributed by atoms with van der Waals surface area (Å²) < 4.78 is 1.57. The van der Waals surface area contributed by atoms with Crippen molar-refractivity contribution in [2.75, 3.05) is 26.7 Å². The summed E-state index contributed by atoms with van der Waals surface area (Å²) in [5, 5.41) is 9.86. The number of carbonyl (C=O) groups is 3. The fourth-order valence-corrected chi connectivity index (χ4v) is 2.80. The first-order valence-corrected chi connectivity index (χ1v) is 7.24. The molecule has 1 aromatic carbocycles. The Morgan fingerprint density at radius 1 is 1.13 bits per heavy atom. The first-order valence-electron chi connectivity index (χ1n) is 7.24. The van der Waals surface area contributed by atoms with Gasteiger partial charge in [-0.15, -0.1) is 0 Å². The van der Waals surface area contributed by atoms with Crippen LogP contribution in [0.3, 0.4) is 0 Å². The van der Waals surface area contributed by atoms with Crippen LogP contribution < -0.4 is 0 Å². The van der Waals surface area contributed by atoms with Crippen LogP contribution in [0.25, 0.3) is 10.9 Å². The van der Waals surface area contributed by atoms with Crippen molar-refractivity contribution < 1.29 is 19.5 Å². The Hall–Kier alpha value is -2.83. The van der Waals surface area contributed by atoms with Gasteiger partial charge in [0, 0.05) is 43.7 Å². The number of carbonyl (C=O) groups excluding carboxylic acids is 2. The summed E-state index contributed by atoms with van der Waals surface area (Å²) in [6.07, 6.45) is 0. The Labute approximate surface area is 132 Å². The largest absolute Gasteiger partial charge is 0.477 e. The van der Waals surface area contributed by atoms with Crippen LogP contribution >= 0.6 is 0 Å². The van der Waals surface area contributed by atoms with E-state index in [0.29, 0.717) is 24.0 Å². The number of aromatic carboxylic acids is 1. The van der Waals surface area contributed by atoms with E-state index in [0.717, 1.165) is 5.52 Å². The molecular formula is C16H17N3O4. The maximum absolute atomic E-state index is 12.6. The second-order valence-corrected chi connectivity index (χ2v) is 5.71. The molecule has 0 unspecified atom stereocenters. The number of benzene rings is 1. The Kier molecular flexibility index (Phi) is 3.55. The lowest BCUT2D eigenvalue weighted by Gasteiger charge is -2.32. The molecule has 0 radical (unpaired) electrons. The monoisotopic (exact) mass is 315 g/mol. The highest BCUT2D eigenvalue weighted by atomic mass is 16.4. The lowest BCUT2D eigenvalue weighted by atomic mass is 10.1. The first kappa shape index (κ1) is 15.1. The van der Waals surface area contributed by atoms with E-state index in [4.69, 9.17) is 5.11 Å². The molecule has 1 aromatic heterocycles. The van der Waals surface area contributed by atoms with E-state index >= 15 is 0 Å². The molecule has 0 aliphatic carbocycles. The molecule has 0 bridgehead atoms. The minimum atomic E-state index is -1.01. The molecule has 23 heavy (non-hydrogen) atoms. The van der Waals surface area contributed by atoms with Crippen molar-refractivity contribution in [2.45, 2.75) is 0 Å². The number of aryl methyl sites for hydroxylation is 1. The molecule has 7 heteroatoms. The lowest BCUT2D eigenvalue weighted by Crippen LogP contribution is -2.50. The molecule has 1 aliphatic heterocycles. The number of carboxylic acids is 1. The van der Waals surface area contributed by atoms with E-state index in [2.05, 4.69) is 0 Å². The molecule has 0 saturated carbocycles. The van der Waals surface area contributed by atoms with Gasteiger partial charge in [0.2, 0.25) is 5.91 Å². The van der Waals surface area contributed by atoms with Crippen molar-refractivity contribution in [3.8, 4) is 0 Å². The van der Waals surface area contributed by atoms with Gasteiger partial charge < -0.3 is 19.5 Å². The van der Waals surface area contributed by atoms with Crippen LogP contribution in [0.5, 0.6) is 0 Å². The zero-order valence-corrected chi connectivity index (χ0v) is 12.9. The van der Waals surface area contributed by atoms with Gasteiger partial charge in [-0.2, -0.15) is 0 Å². The van der Waals surface area contributed by atoms with E-state index in [-0.39, 0.29) is 24.1 Å². The van der Waals surface area contributed by atoms with Crippen LogP contribution in [-0.2, 0) is 11.8 Å². The topological polar surface area (TPSA) is 82.8 Å². The fourth-order valence-electron chi connectivity index (χ4n) is 2.80. The number of nitrogens with zero attached hydrogens (tertiary/aromatic N) is 3. The number of carboxylic acid groups (broad SMARTS) is 1. The molecule has 2 aromatic rings. The van der Waals surface area contributed by atoms with Crippen molar-refractivity contribution in [1.82, 2.24) is 14.4 Å². The third-order valence-corrected chi connectivity index (χ3v) is 4.25. The Morgan fingerprint density at radius 2 is 1.87 bits per heavy atom. The summed E-state index contributed by atoms with van der Waals surface area (Å²) in [6.45, 7) is 1.08. The minimum Gasteiger partial charge on any atom is -0.477 e. The van der Waals surface area contributed by atoms with Crippen LogP contribution in [-0.4, -0.2) is 63.9 Å². The number of likely N-dealkylation sites (N-methyl/N-ethyl adjacent to an activating group) is 1. The maximum atomic E-state index is 12.6. The van der Waals surface area contributed by atoms with Crippen LogP contribution in [0, 0.1) is 0 Å². The van der Waals surface area contributed by atoms with Crippen molar-refractivity contribution >= 4 is 28.7 Å². The summed E-state index contributed by atoms with van der Waals surface area (Å²) >= 11 is 0. The molecule has 0 spiro atoms. The average Bonchev–Trinajstić information content (AvgIpc) is 2.86. The molecule has 7 nitrogen and oxygen atoms in total. The number of aromatic nitrogens is 1. The van der Waals surface area contributed by atoms with Crippen molar-refractivity contribution in [3.63, 3.8) is 0 Å². The summed E-state index contributed by atoms with van der Waals surface area (Å²) in [5.41, 5.74) is 1.37. The molecule has 120 valence electrons. The van der Waals surface area contributed by atoms with Gasteiger partial charge in [-0.1, -0.05) is 0 Å². The lowest BCUT2D eigenvalue weighted by molar-refractivity contribution is -0.133. The zero-order chi connectivity index (χ0) is 16.7. The highest BCUT2D eigenvalue weighted by Gasteiger charge is 2.26. The summed E-state index contributed by atoms with van der Waals surface area (Å²) in [4.78, 5) is 38.6. The van der Waals surface area contributed by atoms with Crippen molar-refractivity contribution in [1.29, 1.82) is 0 Å². The van der Waals surface area contributed by atoms with Gasteiger partial charge in [0.1, 0.15) is 12.2 Å².